The topological polar surface area (TPSA) is 6.48 Å². The first-order valence-corrected chi connectivity index (χ1v) is 27.8. The van der Waals surface area contributed by atoms with Gasteiger partial charge in [0.2, 0.25) is 0 Å². The maximum atomic E-state index is 2.52. The van der Waals surface area contributed by atoms with Gasteiger partial charge in [0.25, 0.3) is 0 Å². The van der Waals surface area contributed by atoms with Crippen molar-refractivity contribution in [3.8, 4) is 33.4 Å². The molecule has 0 aliphatic heterocycles. The molecule has 4 heteroatoms. The molecule has 362 valence electrons. The van der Waals surface area contributed by atoms with E-state index in [0.29, 0.717) is 0 Å². The minimum absolute atomic E-state index is 1.15. The number of aryl methyl sites for hydroxylation is 4. The zero-order valence-corrected chi connectivity index (χ0v) is 44.4. The molecular formula is C72H52N2S2. The van der Waals surface area contributed by atoms with Gasteiger partial charge >= 0.3 is 0 Å². The van der Waals surface area contributed by atoms with Crippen molar-refractivity contribution in [2.24, 2.45) is 0 Å². The van der Waals surface area contributed by atoms with Gasteiger partial charge in [-0.05, 0) is 156 Å². The van der Waals surface area contributed by atoms with Gasteiger partial charge in [0, 0.05) is 73.6 Å². The molecule has 2 aromatic heterocycles. The highest BCUT2D eigenvalue weighted by Crippen LogP contribution is 2.50. The summed E-state index contributed by atoms with van der Waals surface area (Å²) >= 11 is 3.73. The second-order valence-corrected chi connectivity index (χ2v) is 22.4. The van der Waals surface area contributed by atoms with E-state index in [1.54, 1.807) is 0 Å². The van der Waals surface area contributed by atoms with Crippen LogP contribution in [0.5, 0.6) is 0 Å². The van der Waals surface area contributed by atoms with Crippen molar-refractivity contribution in [1.82, 2.24) is 0 Å². The highest BCUT2D eigenvalue weighted by Gasteiger charge is 2.26. The molecule has 0 unspecified atom stereocenters. The molecule has 14 rings (SSSR count). The molecule has 0 saturated heterocycles. The van der Waals surface area contributed by atoms with E-state index in [1.807, 2.05) is 22.7 Å². The van der Waals surface area contributed by atoms with Crippen LogP contribution in [0.3, 0.4) is 0 Å². The average molecular weight is 1010 g/mol. The molecule has 0 spiro atoms. The number of hydrogen-bond donors (Lipinski definition) is 0. The second kappa shape index (κ2) is 18.5. The number of benzene rings is 12. The van der Waals surface area contributed by atoms with E-state index >= 15 is 0 Å². The van der Waals surface area contributed by atoms with E-state index in [4.69, 9.17) is 0 Å². The van der Waals surface area contributed by atoms with E-state index < -0.39 is 0 Å². The van der Waals surface area contributed by atoms with Gasteiger partial charge in [-0.2, -0.15) is 0 Å². The number of nitrogens with zero attached hydrogens (tertiary/aromatic N) is 2. The van der Waals surface area contributed by atoms with E-state index in [9.17, 15) is 0 Å². The molecule has 0 bridgehead atoms. The normalized spacial score (nSPS) is 11.7. The summed E-state index contributed by atoms with van der Waals surface area (Å²) in [4.78, 5) is 5.05. The van der Waals surface area contributed by atoms with Crippen LogP contribution < -0.4 is 9.80 Å². The predicted octanol–water partition coefficient (Wildman–Crippen LogP) is 21.9. The van der Waals surface area contributed by atoms with Crippen LogP contribution in [0.1, 0.15) is 22.3 Å². The van der Waals surface area contributed by atoms with E-state index in [-0.39, 0.29) is 0 Å². The van der Waals surface area contributed by atoms with Gasteiger partial charge in [-0.3, -0.25) is 0 Å². The van der Waals surface area contributed by atoms with Crippen molar-refractivity contribution in [3.05, 3.63) is 265 Å². The molecule has 76 heavy (non-hydrogen) atoms. The second-order valence-electron chi connectivity index (χ2n) is 20.2. The number of thiophene rings is 2. The van der Waals surface area contributed by atoms with Gasteiger partial charge in [0.1, 0.15) is 0 Å². The van der Waals surface area contributed by atoms with E-state index in [0.717, 1.165) is 22.7 Å². The molecule has 2 heterocycles. The smallest absolute Gasteiger partial charge is 0.0569 e. The zero-order chi connectivity index (χ0) is 51.0. The van der Waals surface area contributed by atoms with Crippen LogP contribution in [0.15, 0.2) is 243 Å². The Balaban J connectivity index is 0.907. The highest BCUT2D eigenvalue weighted by molar-refractivity contribution is 7.26. The number of fused-ring (bicyclic) bond motifs is 8. The summed E-state index contributed by atoms with van der Waals surface area (Å²) in [5.74, 6) is 0. The molecular weight excluding hydrogens is 957 g/mol. The Morgan fingerprint density at radius 2 is 0.618 bits per heavy atom. The van der Waals surface area contributed by atoms with Crippen LogP contribution in [-0.4, -0.2) is 0 Å². The molecule has 0 atom stereocenters. The van der Waals surface area contributed by atoms with Crippen LogP contribution >= 0.6 is 22.7 Å². The van der Waals surface area contributed by atoms with Crippen molar-refractivity contribution in [1.29, 1.82) is 0 Å². The van der Waals surface area contributed by atoms with Crippen LogP contribution in [-0.2, 0) is 0 Å². The molecule has 0 aliphatic carbocycles. The summed E-state index contributed by atoms with van der Waals surface area (Å²) in [5.41, 5.74) is 18.9. The largest absolute Gasteiger partial charge is 0.309 e. The van der Waals surface area contributed by atoms with Gasteiger partial charge in [0.05, 0.1) is 22.7 Å². The van der Waals surface area contributed by atoms with E-state index in [2.05, 4.69) is 280 Å². The van der Waals surface area contributed by atoms with Gasteiger partial charge < -0.3 is 9.80 Å². The third kappa shape index (κ3) is 7.67. The van der Waals surface area contributed by atoms with Crippen molar-refractivity contribution in [2.75, 3.05) is 9.80 Å². The minimum Gasteiger partial charge on any atom is -0.309 e. The SMILES string of the molecule is Cc1cc(-c2ccc(N(c3c(C)cccc3-c3ccc4sc5ccccc5c4c3)c3cccc4ccccc34)c(C)c2)ccc1N(c1c(C)cccc1-c1ccc2sc3ccccc3c2c1)c1cccc2ccccc12. The lowest BCUT2D eigenvalue weighted by molar-refractivity contribution is 1.23. The lowest BCUT2D eigenvalue weighted by Gasteiger charge is -2.32. The van der Waals surface area contributed by atoms with Crippen molar-refractivity contribution < 1.29 is 0 Å². The molecule has 0 amide bonds. The van der Waals surface area contributed by atoms with Crippen LogP contribution in [0, 0.1) is 27.7 Å². The lowest BCUT2D eigenvalue weighted by atomic mass is 9.94. The highest BCUT2D eigenvalue weighted by atomic mass is 32.1. The third-order valence-electron chi connectivity index (χ3n) is 15.5. The summed E-state index contributed by atoms with van der Waals surface area (Å²) in [7, 11) is 0. The first kappa shape index (κ1) is 45.8. The van der Waals surface area contributed by atoms with Crippen LogP contribution in [0.2, 0.25) is 0 Å². The average Bonchev–Trinajstić information content (AvgIpc) is 4.03. The molecule has 0 N–H and O–H groups in total. The maximum Gasteiger partial charge on any atom is 0.0569 e. The number of rotatable bonds is 9. The van der Waals surface area contributed by atoms with Gasteiger partial charge in [-0.25, -0.2) is 0 Å². The molecule has 0 radical (unpaired) electrons. The maximum absolute atomic E-state index is 2.52. The Kier molecular flexibility index (Phi) is 11.2. The molecule has 2 nitrogen and oxygen atoms in total. The molecule has 14 aromatic rings. The molecule has 0 fully saturated rings. The predicted molar refractivity (Wildman–Crippen MR) is 332 cm³/mol. The van der Waals surface area contributed by atoms with Crippen molar-refractivity contribution in [3.63, 3.8) is 0 Å². The quantitative estimate of drug-likeness (QED) is 0.142. The minimum atomic E-state index is 1.15. The van der Waals surface area contributed by atoms with Crippen molar-refractivity contribution >= 4 is 119 Å². The fourth-order valence-electron chi connectivity index (χ4n) is 11.9. The molecule has 12 aromatic carbocycles. The van der Waals surface area contributed by atoms with Crippen LogP contribution in [0.25, 0.3) is 95.3 Å². The number of hydrogen-bond acceptors (Lipinski definition) is 4. The fourth-order valence-corrected chi connectivity index (χ4v) is 14.1. The van der Waals surface area contributed by atoms with Crippen LogP contribution in [0.4, 0.5) is 34.1 Å². The van der Waals surface area contributed by atoms with Gasteiger partial charge in [0.15, 0.2) is 0 Å². The number of anilines is 6. The molecule has 0 saturated carbocycles. The summed E-state index contributed by atoms with van der Waals surface area (Å²) in [6.45, 7) is 9.07. The Morgan fingerprint density at radius 1 is 0.250 bits per heavy atom. The summed E-state index contributed by atoms with van der Waals surface area (Å²) < 4.78 is 5.25. The summed E-state index contributed by atoms with van der Waals surface area (Å²) in [6, 6.07) is 90.2. The lowest BCUT2D eigenvalue weighted by Crippen LogP contribution is -2.15. The summed E-state index contributed by atoms with van der Waals surface area (Å²) in [6.07, 6.45) is 0. The van der Waals surface area contributed by atoms with E-state index in [1.165, 1.54) is 129 Å². The van der Waals surface area contributed by atoms with Gasteiger partial charge in [-0.1, -0.05) is 170 Å². The Bertz CT molecular complexity index is 4310. The fraction of sp³-hybridized carbons (Fsp3) is 0.0556. The zero-order valence-electron chi connectivity index (χ0n) is 42.8. The monoisotopic (exact) mass is 1010 g/mol. The number of para-hydroxylation sites is 2. The Labute approximate surface area is 451 Å². The first-order chi connectivity index (χ1) is 37.3. The Hall–Kier alpha value is -8.80. The Morgan fingerprint density at radius 3 is 1.07 bits per heavy atom. The first-order valence-electron chi connectivity index (χ1n) is 26.1. The standard InChI is InChI=1S/C72H52N2S2/c1-45-17-13-27-57(53-35-39-69-61(43-53)59-25-9-11-31-67(59)75-69)71(45)73(65-29-15-21-49-19-5-7-23-55(49)65)63-37-33-51(41-47(63)3)52-34-38-64(48(4)42-52)74(66-30-16-22-50-20-6-8-24-56(50)66)72-46(2)18-14-28-58(72)54-36-40-70-62(44-54)60-26-10-12-32-68(60)76-70/h5-44H,1-4H3. The third-order valence-corrected chi connectivity index (χ3v) is 17.8. The van der Waals surface area contributed by atoms with Gasteiger partial charge in [-0.15, -0.1) is 22.7 Å². The van der Waals surface area contributed by atoms with Crippen molar-refractivity contribution in [2.45, 2.75) is 27.7 Å². The molecule has 0 aliphatic rings. The summed E-state index contributed by atoms with van der Waals surface area (Å²) in [5, 5.41) is 10.1.